The zero-order valence-corrected chi connectivity index (χ0v) is 21.4. The molecule has 0 fully saturated rings. The lowest BCUT2D eigenvalue weighted by molar-refractivity contribution is -0.111. The number of azo groups is 1. The van der Waals surface area contributed by atoms with Gasteiger partial charge >= 0.3 is 0 Å². The molecule has 4 aromatic rings. The van der Waals surface area contributed by atoms with Crippen LogP contribution in [0.4, 0.5) is 5.69 Å². The van der Waals surface area contributed by atoms with Gasteiger partial charge in [-0.15, -0.1) is 5.11 Å². The van der Waals surface area contributed by atoms with Gasteiger partial charge in [-0.25, -0.2) is 9.66 Å². The predicted molar refractivity (Wildman–Crippen MR) is 154 cm³/mol. The van der Waals surface area contributed by atoms with Crippen LogP contribution in [0, 0.1) is 6.92 Å². The van der Waals surface area contributed by atoms with Gasteiger partial charge in [-0.1, -0.05) is 54.6 Å². The van der Waals surface area contributed by atoms with Gasteiger partial charge in [0.15, 0.2) is 11.6 Å². The summed E-state index contributed by atoms with van der Waals surface area (Å²) in [6, 6.07) is 23.0. The Morgan fingerprint density at radius 2 is 1.60 bits per heavy atom. The monoisotopic (exact) mass is 529 g/mol. The Bertz CT molecular complexity index is 1800. The molecule has 0 saturated carbocycles. The van der Waals surface area contributed by atoms with Crippen molar-refractivity contribution in [1.82, 2.24) is 9.66 Å². The molecular weight excluding hydrogens is 506 g/mol. The first-order chi connectivity index (χ1) is 19.5. The number of hydrogen-bond acceptors (Lipinski definition) is 7. The Kier molecular flexibility index (Phi) is 7.59. The first kappa shape index (κ1) is 25.9. The number of fused-ring (bicyclic) bond motifs is 1. The van der Waals surface area contributed by atoms with Gasteiger partial charge in [-0.3, -0.25) is 25.2 Å². The molecule has 0 unspecified atom stereocenters. The van der Waals surface area contributed by atoms with Crippen LogP contribution in [0.1, 0.15) is 21.7 Å². The molecule has 0 saturated heterocycles. The minimum Gasteiger partial charge on any atom is -0.289 e. The molecule has 1 heterocycles. The van der Waals surface area contributed by atoms with Crippen LogP contribution in [0.2, 0.25) is 0 Å². The second kappa shape index (κ2) is 11.7. The van der Waals surface area contributed by atoms with Crippen LogP contribution < -0.4 is 16.4 Å². The van der Waals surface area contributed by atoms with Gasteiger partial charge in [-0.2, -0.15) is 10.2 Å². The number of amides is 1. The normalized spacial score (nSPS) is 14.3. The Balaban J connectivity index is 1.35. The van der Waals surface area contributed by atoms with Crippen molar-refractivity contribution >= 4 is 34.1 Å². The third-order valence-electron chi connectivity index (χ3n) is 5.90. The van der Waals surface area contributed by atoms with Crippen LogP contribution in [0.5, 0.6) is 0 Å². The molecule has 1 amide bonds. The number of benzene rings is 3. The molecule has 5 rings (SSSR count). The fraction of sp³-hybridized carbons (Fsp3) is 0.0333. The number of aromatic nitrogens is 2. The summed E-state index contributed by atoms with van der Waals surface area (Å²) in [4.78, 5) is 41.8. The van der Waals surface area contributed by atoms with E-state index in [9.17, 15) is 14.4 Å². The van der Waals surface area contributed by atoms with Gasteiger partial charge in [0.1, 0.15) is 5.82 Å². The van der Waals surface area contributed by atoms with Crippen molar-refractivity contribution in [3.8, 4) is 0 Å². The number of hydrogen-bond donors (Lipinski definition) is 2. The highest BCUT2D eigenvalue weighted by atomic mass is 16.2. The maximum absolute atomic E-state index is 13.2. The van der Waals surface area contributed by atoms with Crippen molar-refractivity contribution in [2.45, 2.75) is 6.92 Å². The van der Waals surface area contributed by atoms with E-state index < -0.39 is 5.91 Å². The molecule has 10 nitrogen and oxygen atoms in total. The highest BCUT2D eigenvalue weighted by Gasteiger charge is 2.12. The number of nitrogens with one attached hydrogen (secondary N) is 2. The molecule has 0 bridgehead atoms. The summed E-state index contributed by atoms with van der Waals surface area (Å²) in [5, 5.41) is 12.4. The number of para-hydroxylation sites is 1. The standard InChI is InChI=1S/C30H23N7O3/c1-20-32-26-13-7-6-12-25(26)30(40)37(20)36-28(21-9-3-2-4-10-21)34-33-24-17-15-22(16-18-24)29(39)35-31-19-23-11-5-8-14-27(23)38/h2-19,33H,1H3,(H,34,36)/b23-19+,35-31?. The number of ketones is 1. The van der Waals surface area contributed by atoms with Crippen molar-refractivity contribution in [3.05, 3.63) is 142 Å². The molecule has 1 aliphatic carbocycles. The number of anilines is 1. The highest BCUT2D eigenvalue weighted by Crippen LogP contribution is 2.13. The lowest BCUT2D eigenvalue weighted by Crippen LogP contribution is -2.36. The summed E-state index contributed by atoms with van der Waals surface area (Å²) >= 11 is 0. The number of carbonyl (C=O) groups excluding carboxylic acids is 2. The third-order valence-corrected chi connectivity index (χ3v) is 5.90. The van der Waals surface area contributed by atoms with Crippen LogP contribution in [0.3, 0.4) is 0 Å². The fourth-order valence-electron chi connectivity index (χ4n) is 3.83. The molecule has 196 valence electrons. The maximum atomic E-state index is 13.2. The predicted octanol–water partition coefficient (Wildman–Crippen LogP) is 4.89. The van der Waals surface area contributed by atoms with Crippen LogP contribution in [0.15, 0.2) is 135 Å². The van der Waals surface area contributed by atoms with Crippen LogP contribution in [-0.4, -0.2) is 27.2 Å². The number of rotatable bonds is 6. The molecule has 2 N–H and O–H groups in total. The van der Waals surface area contributed by atoms with Crippen molar-refractivity contribution in [2.24, 2.45) is 15.3 Å². The molecule has 1 aliphatic rings. The second-order valence-electron chi connectivity index (χ2n) is 8.63. The minimum atomic E-state index is -0.556. The summed E-state index contributed by atoms with van der Waals surface area (Å²) in [5.41, 5.74) is 8.39. The van der Waals surface area contributed by atoms with Crippen LogP contribution in [-0.2, 0) is 4.79 Å². The Hall–Kier alpha value is -5.77. The Labute approximate surface area is 228 Å². The lowest BCUT2D eigenvalue weighted by Gasteiger charge is -2.15. The summed E-state index contributed by atoms with van der Waals surface area (Å²) < 4.78 is 1.35. The van der Waals surface area contributed by atoms with E-state index in [-0.39, 0.29) is 11.3 Å². The molecule has 1 aromatic heterocycles. The van der Waals surface area contributed by atoms with E-state index >= 15 is 0 Å². The van der Waals surface area contributed by atoms with E-state index in [4.69, 9.17) is 0 Å². The highest BCUT2D eigenvalue weighted by molar-refractivity contribution is 6.07. The van der Waals surface area contributed by atoms with Crippen LogP contribution >= 0.6 is 0 Å². The molecule has 0 aliphatic heterocycles. The van der Waals surface area contributed by atoms with Gasteiger partial charge in [0.2, 0.25) is 0 Å². The van der Waals surface area contributed by atoms with E-state index in [0.29, 0.717) is 39.4 Å². The van der Waals surface area contributed by atoms with E-state index in [1.807, 2.05) is 36.4 Å². The van der Waals surface area contributed by atoms with Gasteiger partial charge < -0.3 is 0 Å². The summed E-state index contributed by atoms with van der Waals surface area (Å²) in [7, 11) is 0. The SMILES string of the molecule is Cc1nc2ccccc2c(=O)n1N/C(=N\Nc1ccc(C(=O)N=N/C=C2\C=CC=CC2=O)cc1)c1ccccc1. The number of aryl methyl sites for hydroxylation is 1. The van der Waals surface area contributed by atoms with E-state index in [0.717, 1.165) is 5.56 Å². The molecule has 0 atom stereocenters. The number of amidine groups is 1. The molecule has 0 radical (unpaired) electrons. The summed E-state index contributed by atoms with van der Waals surface area (Å²) in [5.74, 6) is 0.0949. The largest absolute Gasteiger partial charge is 0.295 e. The van der Waals surface area contributed by atoms with Crippen molar-refractivity contribution < 1.29 is 9.59 Å². The lowest BCUT2D eigenvalue weighted by atomic mass is 10.1. The Morgan fingerprint density at radius 1 is 0.875 bits per heavy atom. The maximum Gasteiger partial charge on any atom is 0.295 e. The zero-order valence-electron chi connectivity index (χ0n) is 21.4. The molecule has 0 spiro atoms. The van der Waals surface area contributed by atoms with Crippen LogP contribution in [0.25, 0.3) is 10.9 Å². The number of hydrazone groups is 1. The first-order valence-electron chi connectivity index (χ1n) is 12.3. The smallest absolute Gasteiger partial charge is 0.289 e. The Morgan fingerprint density at radius 3 is 2.38 bits per heavy atom. The average Bonchev–Trinajstić information content (AvgIpc) is 2.98. The van der Waals surface area contributed by atoms with Gasteiger partial charge in [-0.05, 0) is 55.5 Å². The minimum absolute atomic E-state index is 0.203. The summed E-state index contributed by atoms with van der Waals surface area (Å²) in [6.45, 7) is 1.74. The van der Waals surface area contributed by atoms with Gasteiger partial charge in [0.25, 0.3) is 11.5 Å². The van der Waals surface area contributed by atoms with Gasteiger partial charge in [0, 0.05) is 16.7 Å². The molecule has 3 aromatic carbocycles. The van der Waals surface area contributed by atoms with E-state index in [1.165, 1.54) is 17.0 Å². The van der Waals surface area contributed by atoms with Crippen molar-refractivity contribution in [2.75, 3.05) is 10.9 Å². The number of carbonyl (C=O) groups is 2. The topological polar surface area (TPSA) is 130 Å². The zero-order chi connectivity index (χ0) is 27.9. The second-order valence-corrected chi connectivity index (χ2v) is 8.63. The van der Waals surface area contributed by atoms with Gasteiger partial charge in [0.05, 0.1) is 22.8 Å². The van der Waals surface area contributed by atoms with E-state index in [2.05, 4.69) is 31.2 Å². The molecule has 10 heteroatoms. The quantitative estimate of drug-likeness (QED) is 0.120. The number of allylic oxidation sites excluding steroid dienone is 5. The number of nitrogens with zero attached hydrogens (tertiary/aromatic N) is 5. The molecule has 40 heavy (non-hydrogen) atoms. The fourth-order valence-corrected chi connectivity index (χ4v) is 3.83. The molecular formula is C30H23N7O3. The van der Waals surface area contributed by atoms with Crippen molar-refractivity contribution in [3.63, 3.8) is 0 Å². The summed E-state index contributed by atoms with van der Waals surface area (Å²) in [6.07, 6.45) is 7.59. The van der Waals surface area contributed by atoms with Crippen molar-refractivity contribution in [1.29, 1.82) is 0 Å². The first-order valence-corrected chi connectivity index (χ1v) is 12.3. The third kappa shape index (κ3) is 5.86. The average molecular weight is 530 g/mol. The van der Waals surface area contributed by atoms with E-state index in [1.54, 1.807) is 67.6 Å².